The maximum atomic E-state index is 3.55. The van der Waals surface area contributed by atoms with Crippen molar-refractivity contribution >= 4 is 23.1 Å². The Balaban J connectivity index is 1.80. The van der Waals surface area contributed by atoms with Crippen LogP contribution < -0.4 is 5.32 Å². The molecule has 2 aromatic rings. The molecule has 2 aromatic carbocycles. The molecule has 0 aromatic heterocycles. The Morgan fingerprint density at radius 2 is 1.79 bits per heavy atom. The number of aryl methyl sites for hydroxylation is 1. The number of nitrogens with one attached hydrogen (secondary N) is 1. The van der Waals surface area contributed by atoms with Crippen LogP contribution in [0.1, 0.15) is 31.7 Å². The maximum absolute atomic E-state index is 3.55. The zero-order valence-corrected chi connectivity index (χ0v) is 12.1. The molecule has 1 heterocycles. The van der Waals surface area contributed by atoms with Crippen molar-refractivity contribution in [2.24, 2.45) is 0 Å². The number of fused-ring (bicyclic) bond motifs is 2. The van der Waals surface area contributed by atoms with Crippen LogP contribution in [0.5, 0.6) is 0 Å². The highest BCUT2D eigenvalue weighted by molar-refractivity contribution is 7.99. The molecule has 98 valence electrons. The van der Waals surface area contributed by atoms with E-state index in [9.17, 15) is 0 Å². The molecule has 0 unspecified atom stereocenters. The first-order valence-corrected chi connectivity index (χ1v) is 7.85. The van der Waals surface area contributed by atoms with E-state index in [0.717, 1.165) is 0 Å². The fourth-order valence-corrected chi connectivity index (χ4v) is 3.39. The molecule has 1 N–H and O–H groups in total. The third-order valence-corrected chi connectivity index (χ3v) is 4.64. The van der Waals surface area contributed by atoms with Crippen LogP contribution in [-0.4, -0.2) is 0 Å². The van der Waals surface area contributed by atoms with Crippen molar-refractivity contribution < 1.29 is 0 Å². The van der Waals surface area contributed by atoms with Gasteiger partial charge in [-0.25, -0.2) is 0 Å². The summed E-state index contributed by atoms with van der Waals surface area (Å²) in [5.74, 6) is 0. The van der Waals surface area contributed by atoms with Crippen molar-refractivity contribution in [3.8, 4) is 0 Å². The number of rotatable bonds is 4. The summed E-state index contributed by atoms with van der Waals surface area (Å²) < 4.78 is 0. The van der Waals surface area contributed by atoms with Crippen molar-refractivity contribution in [3.05, 3.63) is 48.0 Å². The van der Waals surface area contributed by atoms with Gasteiger partial charge in [0.25, 0.3) is 0 Å². The van der Waals surface area contributed by atoms with Crippen LogP contribution in [0.3, 0.4) is 0 Å². The largest absolute Gasteiger partial charge is 0.354 e. The number of benzene rings is 2. The highest BCUT2D eigenvalue weighted by Gasteiger charge is 2.14. The molecule has 1 aliphatic rings. The van der Waals surface area contributed by atoms with Crippen molar-refractivity contribution in [1.82, 2.24) is 0 Å². The minimum Gasteiger partial charge on any atom is -0.354 e. The molecule has 1 aliphatic heterocycles. The molecule has 0 amide bonds. The van der Waals surface area contributed by atoms with Crippen LogP contribution in [0, 0.1) is 0 Å². The Bertz CT molecular complexity index is 577. The Kier molecular flexibility index (Phi) is 3.79. The number of unbranched alkanes of at least 4 members (excludes halogenated alkanes) is 2. The molecule has 0 fully saturated rings. The highest BCUT2D eigenvalue weighted by Crippen LogP contribution is 2.44. The first-order valence-electron chi connectivity index (χ1n) is 7.03. The molecule has 0 radical (unpaired) electrons. The van der Waals surface area contributed by atoms with Gasteiger partial charge in [-0.05, 0) is 42.7 Å². The summed E-state index contributed by atoms with van der Waals surface area (Å²) in [6.45, 7) is 2.25. The summed E-state index contributed by atoms with van der Waals surface area (Å²) in [6, 6.07) is 15.3. The van der Waals surface area contributed by atoms with E-state index in [0.29, 0.717) is 0 Å². The SMILES string of the molecule is CCCCCc1ccc2c(c1)Nc1ccccc1S2. The first kappa shape index (κ1) is 12.6. The van der Waals surface area contributed by atoms with E-state index < -0.39 is 0 Å². The maximum Gasteiger partial charge on any atom is 0.0529 e. The number of hydrogen-bond acceptors (Lipinski definition) is 2. The van der Waals surface area contributed by atoms with Crippen molar-refractivity contribution in [2.45, 2.75) is 42.4 Å². The smallest absolute Gasteiger partial charge is 0.0529 e. The number of para-hydroxylation sites is 1. The van der Waals surface area contributed by atoms with E-state index in [4.69, 9.17) is 0 Å². The average molecular weight is 269 g/mol. The molecule has 2 heteroatoms. The third kappa shape index (κ3) is 2.79. The fourth-order valence-electron chi connectivity index (χ4n) is 2.42. The standard InChI is InChI=1S/C17H19NS/c1-2-3-4-7-13-10-11-17-15(12-13)18-14-8-5-6-9-16(14)19-17/h5-6,8-12,18H,2-4,7H2,1H3. The normalized spacial score (nSPS) is 12.5. The lowest BCUT2D eigenvalue weighted by molar-refractivity contribution is 0.717. The summed E-state index contributed by atoms with van der Waals surface area (Å²) in [4.78, 5) is 2.65. The van der Waals surface area contributed by atoms with Crippen molar-refractivity contribution in [1.29, 1.82) is 0 Å². The fraction of sp³-hybridized carbons (Fsp3) is 0.294. The highest BCUT2D eigenvalue weighted by atomic mass is 32.2. The second-order valence-electron chi connectivity index (χ2n) is 5.01. The van der Waals surface area contributed by atoms with Gasteiger partial charge in [0.1, 0.15) is 0 Å². The van der Waals surface area contributed by atoms with Gasteiger partial charge < -0.3 is 5.32 Å². The zero-order valence-electron chi connectivity index (χ0n) is 11.3. The van der Waals surface area contributed by atoms with Crippen LogP contribution in [0.2, 0.25) is 0 Å². The van der Waals surface area contributed by atoms with E-state index in [2.05, 4.69) is 54.7 Å². The summed E-state index contributed by atoms with van der Waals surface area (Å²) in [5.41, 5.74) is 3.93. The quantitative estimate of drug-likeness (QED) is 0.616. The summed E-state index contributed by atoms with van der Waals surface area (Å²) in [5, 5.41) is 3.55. The summed E-state index contributed by atoms with van der Waals surface area (Å²) >= 11 is 1.86. The van der Waals surface area contributed by atoms with Crippen LogP contribution in [0.25, 0.3) is 0 Å². The predicted octanol–water partition coefficient (Wildman–Crippen LogP) is 5.63. The second-order valence-corrected chi connectivity index (χ2v) is 6.09. The monoisotopic (exact) mass is 269 g/mol. The van der Waals surface area contributed by atoms with Gasteiger partial charge in [0.05, 0.1) is 11.4 Å². The van der Waals surface area contributed by atoms with Gasteiger partial charge in [0, 0.05) is 9.79 Å². The van der Waals surface area contributed by atoms with Gasteiger partial charge in [-0.3, -0.25) is 0 Å². The zero-order chi connectivity index (χ0) is 13.1. The van der Waals surface area contributed by atoms with Crippen molar-refractivity contribution in [3.63, 3.8) is 0 Å². The molecule has 0 atom stereocenters. The van der Waals surface area contributed by atoms with E-state index >= 15 is 0 Å². The van der Waals surface area contributed by atoms with Crippen LogP contribution >= 0.6 is 11.8 Å². The van der Waals surface area contributed by atoms with Gasteiger partial charge in [-0.15, -0.1) is 0 Å². The van der Waals surface area contributed by atoms with Gasteiger partial charge >= 0.3 is 0 Å². The minimum absolute atomic E-state index is 1.19. The summed E-state index contributed by atoms with van der Waals surface area (Å²) in [6.07, 6.45) is 5.09. The first-order chi connectivity index (χ1) is 9.36. The minimum atomic E-state index is 1.19. The topological polar surface area (TPSA) is 12.0 Å². The Labute approximate surface area is 119 Å². The van der Waals surface area contributed by atoms with Crippen LogP contribution in [-0.2, 0) is 6.42 Å². The summed E-state index contributed by atoms with van der Waals surface area (Å²) in [7, 11) is 0. The van der Waals surface area contributed by atoms with Gasteiger partial charge in [-0.2, -0.15) is 0 Å². The third-order valence-electron chi connectivity index (χ3n) is 3.49. The van der Waals surface area contributed by atoms with Gasteiger partial charge in [0.15, 0.2) is 0 Å². The van der Waals surface area contributed by atoms with Crippen LogP contribution in [0.4, 0.5) is 11.4 Å². The van der Waals surface area contributed by atoms with E-state index in [-0.39, 0.29) is 0 Å². The van der Waals surface area contributed by atoms with Crippen molar-refractivity contribution in [2.75, 3.05) is 5.32 Å². The molecule has 0 saturated carbocycles. The second kappa shape index (κ2) is 5.70. The molecule has 0 spiro atoms. The van der Waals surface area contributed by atoms with E-state index in [1.54, 1.807) is 0 Å². The molecule has 0 bridgehead atoms. The van der Waals surface area contributed by atoms with Gasteiger partial charge in [0.2, 0.25) is 0 Å². The lowest BCUT2D eigenvalue weighted by Crippen LogP contribution is -2.00. The van der Waals surface area contributed by atoms with Gasteiger partial charge in [-0.1, -0.05) is 49.7 Å². The Morgan fingerprint density at radius 3 is 2.68 bits per heavy atom. The molecule has 3 rings (SSSR count). The van der Waals surface area contributed by atoms with E-state index in [1.165, 1.54) is 52.4 Å². The molecular weight excluding hydrogens is 250 g/mol. The Hall–Kier alpha value is -1.41. The number of hydrogen-bond donors (Lipinski definition) is 1. The molecule has 0 saturated heterocycles. The Morgan fingerprint density at radius 1 is 0.947 bits per heavy atom. The predicted molar refractivity (Wildman–Crippen MR) is 83.5 cm³/mol. The molecule has 0 aliphatic carbocycles. The number of anilines is 2. The average Bonchev–Trinajstić information content (AvgIpc) is 2.45. The molecule has 1 nitrogen and oxygen atoms in total. The molecular formula is C17H19NS. The van der Waals surface area contributed by atoms with E-state index in [1.807, 2.05) is 11.8 Å². The lowest BCUT2D eigenvalue weighted by Gasteiger charge is -2.21. The molecule has 19 heavy (non-hydrogen) atoms. The lowest BCUT2D eigenvalue weighted by atomic mass is 10.1. The van der Waals surface area contributed by atoms with Crippen LogP contribution in [0.15, 0.2) is 52.3 Å².